The van der Waals surface area contributed by atoms with Crippen LogP contribution in [-0.2, 0) is 16.6 Å². The number of fused-ring (bicyclic) bond motifs is 3. The van der Waals surface area contributed by atoms with Gasteiger partial charge in [-0.1, -0.05) is 32.9 Å². The number of rotatable bonds is 6. The predicted octanol–water partition coefficient (Wildman–Crippen LogP) is 2.90. The lowest BCUT2D eigenvalue weighted by molar-refractivity contribution is 0.0757. The van der Waals surface area contributed by atoms with E-state index in [1.54, 1.807) is 40.1 Å². The summed E-state index contributed by atoms with van der Waals surface area (Å²) in [6.07, 6.45) is 2.42. The average molecular weight is 405 g/mol. The third-order valence-corrected chi connectivity index (χ3v) is 6.73. The fourth-order valence-electron chi connectivity index (χ4n) is 3.57. The van der Waals surface area contributed by atoms with Gasteiger partial charge < -0.3 is 4.90 Å². The fourth-order valence-corrected chi connectivity index (χ4v) is 5.32. The Bertz CT molecular complexity index is 966. The minimum atomic E-state index is -3.67. The third kappa shape index (κ3) is 3.58. The van der Waals surface area contributed by atoms with E-state index in [9.17, 15) is 13.2 Å². The molecule has 1 aliphatic rings. The van der Waals surface area contributed by atoms with E-state index in [4.69, 9.17) is 0 Å². The van der Waals surface area contributed by atoms with Gasteiger partial charge in [0.05, 0.1) is 17.9 Å². The van der Waals surface area contributed by atoms with Gasteiger partial charge in [-0.05, 0) is 31.4 Å². The number of amides is 1. The molecule has 28 heavy (non-hydrogen) atoms. The van der Waals surface area contributed by atoms with Crippen LogP contribution < -0.4 is 0 Å². The molecule has 152 valence electrons. The van der Waals surface area contributed by atoms with E-state index in [0.29, 0.717) is 36.7 Å². The van der Waals surface area contributed by atoms with Gasteiger partial charge in [0.25, 0.3) is 5.91 Å². The van der Waals surface area contributed by atoms with Crippen molar-refractivity contribution in [3.8, 4) is 5.69 Å². The summed E-state index contributed by atoms with van der Waals surface area (Å²) in [6.45, 7) is 9.66. The number of carbonyl (C=O) groups excluding carboxylic acids is 1. The molecule has 1 amide bonds. The number of para-hydroxylation sites is 1. The third-order valence-electron chi connectivity index (χ3n) is 4.87. The van der Waals surface area contributed by atoms with Crippen molar-refractivity contribution in [1.29, 1.82) is 0 Å². The molecule has 2 aromatic rings. The number of hydrogen-bond acceptors (Lipinski definition) is 4. The summed E-state index contributed by atoms with van der Waals surface area (Å²) in [4.78, 5) is 19.5. The first kappa shape index (κ1) is 20.5. The zero-order chi connectivity index (χ0) is 20.5. The maximum absolute atomic E-state index is 13.3. The van der Waals surface area contributed by atoms with E-state index in [1.165, 1.54) is 4.31 Å². The van der Waals surface area contributed by atoms with Crippen molar-refractivity contribution < 1.29 is 13.2 Å². The number of hydrogen-bond donors (Lipinski definition) is 0. The molecule has 3 rings (SSSR count). The van der Waals surface area contributed by atoms with Gasteiger partial charge >= 0.3 is 0 Å². The number of aromatic nitrogens is 2. The van der Waals surface area contributed by atoms with Gasteiger partial charge in [-0.15, -0.1) is 0 Å². The fraction of sp³-hybridized carbons (Fsp3) is 0.500. The summed E-state index contributed by atoms with van der Waals surface area (Å²) in [7, 11) is -3.67. The van der Waals surface area contributed by atoms with Crippen LogP contribution in [0.25, 0.3) is 5.69 Å². The largest absolute Gasteiger partial charge is 0.338 e. The Morgan fingerprint density at radius 3 is 2.61 bits per heavy atom. The Morgan fingerprint density at radius 2 is 1.96 bits per heavy atom. The van der Waals surface area contributed by atoms with Crippen molar-refractivity contribution >= 4 is 15.9 Å². The summed E-state index contributed by atoms with van der Waals surface area (Å²) in [5, 5.41) is 0. The van der Waals surface area contributed by atoms with Gasteiger partial charge in [0.2, 0.25) is 10.0 Å². The number of sulfonamides is 1. The molecular weight excluding hydrogens is 376 g/mol. The standard InChI is InChI=1S/C20H28N4O3S/c1-5-11-22(6-2)20(25)19-17-13-23(12-15(3)4)28(26,27)18-10-8-7-9-16(18)24(17)14-21-19/h7-10,14-15H,5-6,11-13H2,1-4H3. The summed E-state index contributed by atoms with van der Waals surface area (Å²) >= 11 is 0. The van der Waals surface area contributed by atoms with Crippen molar-refractivity contribution in [2.75, 3.05) is 19.6 Å². The maximum atomic E-state index is 13.3. The molecule has 0 bridgehead atoms. The highest BCUT2D eigenvalue weighted by Gasteiger charge is 2.35. The molecule has 2 heterocycles. The zero-order valence-corrected chi connectivity index (χ0v) is 17.7. The van der Waals surface area contributed by atoms with Crippen LogP contribution in [0.2, 0.25) is 0 Å². The quantitative estimate of drug-likeness (QED) is 0.742. The monoisotopic (exact) mass is 404 g/mol. The number of carbonyl (C=O) groups is 1. The van der Waals surface area contributed by atoms with Crippen molar-refractivity contribution in [2.24, 2.45) is 5.92 Å². The van der Waals surface area contributed by atoms with Crippen LogP contribution >= 0.6 is 0 Å². The maximum Gasteiger partial charge on any atom is 0.274 e. The molecular formula is C20H28N4O3S. The lowest BCUT2D eigenvalue weighted by atomic mass is 10.2. The van der Waals surface area contributed by atoms with Crippen LogP contribution in [0.3, 0.4) is 0 Å². The SMILES string of the molecule is CCCN(CC)C(=O)c1ncn2c1CN(CC(C)C)S(=O)(=O)c1ccccc1-2. The Hall–Kier alpha value is -2.19. The van der Waals surface area contributed by atoms with Crippen LogP contribution in [0.1, 0.15) is 50.3 Å². The smallest absolute Gasteiger partial charge is 0.274 e. The van der Waals surface area contributed by atoms with Crippen molar-refractivity contribution in [3.63, 3.8) is 0 Å². The number of nitrogens with zero attached hydrogens (tertiary/aromatic N) is 4. The summed E-state index contributed by atoms with van der Waals surface area (Å²) in [6, 6.07) is 6.89. The minimum absolute atomic E-state index is 0.125. The van der Waals surface area contributed by atoms with Gasteiger partial charge in [-0.25, -0.2) is 13.4 Å². The molecule has 0 N–H and O–H groups in total. The first-order chi connectivity index (χ1) is 13.3. The molecule has 0 aliphatic carbocycles. The topological polar surface area (TPSA) is 75.5 Å². The molecule has 0 unspecified atom stereocenters. The molecule has 0 atom stereocenters. The van der Waals surface area contributed by atoms with Gasteiger partial charge in [0.1, 0.15) is 11.2 Å². The molecule has 0 saturated carbocycles. The predicted molar refractivity (Wildman–Crippen MR) is 108 cm³/mol. The second kappa shape index (κ2) is 8.05. The van der Waals surface area contributed by atoms with Crippen LogP contribution in [0.5, 0.6) is 0 Å². The Balaban J connectivity index is 2.17. The summed E-state index contributed by atoms with van der Waals surface area (Å²) < 4.78 is 29.8. The van der Waals surface area contributed by atoms with Gasteiger partial charge in [0.15, 0.2) is 5.69 Å². The molecule has 0 saturated heterocycles. The highest BCUT2D eigenvalue weighted by molar-refractivity contribution is 7.89. The molecule has 0 fully saturated rings. The van der Waals surface area contributed by atoms with Crippen molar-refractivity contribution in [1.82, 2.24) is 18.8 Å². The van der Waals surface area contributed by atoms with Crippen LogP contribution in [0.4, 0.5) is 0 Å². The second-order valence-electron chi connectivity index (χ2n) is 7.45. The summed E-state index contributed by atoms with van der Waals surface area (Å²) in [5.74, 6) is 0.00201. The molecule has 1 aromatic heterocycles. The Kier molecular flexibility index (Phi) is 5.90. The van der Waals surface area contributed by atoms with E-state index in [2.05, 4.69) is 4.98 Å². The van der Waals surface area contributed by atoms with Crippen LogP contribution in [0.15, 0.2) is 35.5 Å². The molecule has 8 heteroatoms. The minimum Gasteiger partial charge on any atom is -0.338 e. The second-order valence-corrected chi connectivity index (χ2v) is 9.36. The van der Waals surface area contributed by atoms with Gasteiger partial charge in [0, 0.05) is 19.6 Å². The van der Waals surface area contributed by atoms with E-state index in [1.807, 2.05) is 27.7 Å². The first-order valence-electron chi connectivity index (χ1n) is 9.76. The molecule has 0 radical (unpaired) electrons. The van der Waals surface area contributed by atoms with E-state index < -0.39 is 10.0 Å². The molecule has 0 spiro atoms. The lowest BCUT2D eigenvalue weighted by Gasteiger charge is -2.23. The lowest BCUT2D eigenvalue weighted by Crippen LogP contribution is -2.35. The summed E-state index contributed by atoms with van der Waals surface area (Å²) in [5.41, 5.74) is 1.48. The molecule has 1 aliphatic heterocycles. The van der Waals surface area contributed by atoms with Crippen LogP contribution in [-0.4, -0.2) is 52.7 Å². The Labute approximate surface area is 167 Å². The average Bonchev–Trinajstić information content (AvgIpc) is 3.04. The first-order valence-corrected chi connectivity index (χ1v) is 11.2. The van der Waals surface area contributed by atoms with Gasteiger partial charge in [-0.2, -0.15) is 4.31 Å². The number of benzene rings is 1. The number of imidazole rings is 1. The highest BCUT2D eigenvalue weighted by atomic mass is 32.2. The highest BCUT2D eigenvalue weighted by Crippen LogP contribution is 2.32. The van der Waals surface area contributed by atoms with Crippen LogP contribution in [0, 0.1) is 5.92 Å². The van der Waals surface area contributed by atoms with Crippen molar-refractivity contribution in [3.05, 3.63) is 42.0 Å². The van der Waals surface area contributed by atoms with E-state index in [-0.39, 0.29) is 23.3 Å². The van der Waals surface area contributed by atoms with E-state index >= 15 is 0 Å². The van der Waals surface area contributed by atoms with Gasteiger partial charge in [-0.3, -0.25) is 9.36 Å². The Morgan fingerprint density at radius 1 is 1.25 bits per heavy atom. The van der Waals surface area contributed by atoms with E-state index in [0.717, 1.165) is 6.42 Å². The zero-order valence-electron chi connectivity index (χ0n) is 16.9. The molecule has 1 aromatic carbocycles. The normalized spacial score (nSPS) is 15.8. The van der Waals surface area contributed by atoms with Crippen molar-refractivity contribution in [2.45, 2.75) is 45.6 Å². The molecule has 7 nitrogen and oxygen atoms in total.